The van der Waals surface area contributed by atoms with Gasteiger partial charge in [-0.2, -0.15) is 5.26 Å². The van der Waals surface area contributed by atoms with Crippen LogP contribution in [0.1, 0.15) is 28.5 Å². The van der Waals surface area contributed by atoms with Crippen molar-refractivity contribution in [3.05, 3.63) is 45.8 Å². The topological polar surface area (TPSA) is 56.1 Å². The standard InChI is InChI=1S/C18H21N3OS/c1-5-21(16-9-7-6-8-12(16)2)11-17(22)20-18-15(10-19)13(3)14(4)23-18/h6-9H,5,11H2,1-4H3,(H,20,22). The largest absolute Gasteiger partial charge is 0.362 e. The summed E-state index contributed by atoms with van der Waals surface area (Å²) in [5, 5.41) is 12.8. The summed E-state index contributed by atoms with van der Waals surface area (Å²) in [5.41, 5.74) is 3.71. The number of thiophene rings is 1. The Labute approximate surface area is 141 Å². The summed E-state index contributed by atoms with van der Waals surface area (Å²) in [6.45, 7) is 8.94. The minimum Gasteiger partial charge on any atom is -0.362 e. The zero-order valence-corrected chi connectivity index (χ0v) is 14.8. The van der Waals surface area contributed by atoms with Crippen LogP contribution in [0.15, 0.2) is 24.3 Å². The number of hydrogen-bond donors (Lipinski definition) is 1. The summed E-state index contributed by atoms with van der Waals surface area (Å²) in [6, 6.07) is 10.2. The van der Waals surface area contributed by atoms with Gasteiger partial charge in [0.25, 0.3) is 0 Å². The molecule has 0 radical (unpaired) electrons. The molecule has 5 heteroatoms. The van der Waals surface area contributed by atoms with Crippen LogP contribution in [0.2, 0.25) is 0 Å². The molecule has 0 saturated carbocycles. The van der Waals surface area contributed by atoms with Crippen LogP contribution in [0.4, 0.5) is 10.7 Å². The Morgan fingerprint density at radius 3 is 2.61 bits per heavy atom. The van der Waals surface area contributed by atoms with Gasteiger partial charge < -0.3 is 10.2 Å². The Kier molecular flexibility index (Phi) is 5.41. The van der Waals surface area contributed by atoms with E-state index in [0.717, 1.165) is 28.2 Å². The van der Waals surface area contributed by atoms with Crippen molar-refractivity contribution < 1.29 is 4.79 Å². The van der Waals surface area contributed by atoms with Gasteiger partial charge in [0, 0.05) is 17.1 Å². The first-order valence-electron chi connectivity index (χ1n) is 7.58. The SMILES string of the molecule is CCN(CC(=O)Nc1sc(C)c(C)c1C#N)c1ccccc1C. The average molecular weight is 327 g/mol. The first-order valence-corrected chi connectivity index (χ1v) is 8.40. The molecule has 1 aromatic carbocycles. The highest BCUT2D eigenvalue weighted by atomic mass is 32.1. The van der Waals surface area contributed by atoms with Gasteiger partial charge in [0.2, 0.25) is 5.91 Å². The molecule has 2 aromatic rings. The summed E-state index contributed by atoms with van der Waals surface area (Å²) in [5.74, 6) is -0.104. The Morgan fingerprint density at radius 1 is 1.30 bits per heavy atom. The number of benzene rings is 1. The highest BCUT2D eigenvalue weighted by Crippen LogP contribution is 2.31. The van der Waals surface area contributed by atoms with E-state index in [1.54, 1.807) is 0 Å². The first kappa shape index (κ1) is 17.0. The van der Waals surface area contributed by atoms with E-state index in [1.807, 2.05) is 56.9 Å². The van der Waals surface area contributed by atoms with Gasteiger partial charge in [0.1, 0.15) is 11.1 Å². The van der Waals surface area contributed by atoms with Crippen LogP contribution in [0, 0.1) is 32.1 Å². The smallest absolute Gasteiger partial charge is 0.244 e. The van der Waals surface area contributed by atoms with Crippen molar-refractivity contribution in [3.8, 4) is 6.07 Å². The molecule has 0 unspecified atom stereocenters. The van der Waals surface area contributed by atoms with Crippen LogP contribution in [0.5, 0.6) is 0 Å². The molecule has 1 aromatic heterocycles. The maximum absolute atomic E-state index is 12.4. The van der Waals surface area contributed by atoms with E-state index in [1.165, 1.54) is 11.3 Å². The first-order chi connectivity index (χ1) is 11.0. The van der Waals surface area contributed by atoms with Crippen LogP contribution in [-0.2, 0) is 4.79 Å². The van der Waals surface area contributed by atoms with Gasteiger partial charge in [-0.05, 0) is 44.9 Å². The summed E-state index contributed by atoms with van der Waals surface area (Å²) < 4.78 is 0. The lowest BCUT2D eigenvalue weighted by Crippen LogP contribution is -2.33. The molecule has 0 saturated heterocycles. The zero-order valence-electron chi connectivity index (χ0n) is 13.9. The van der Waals surface area contributed by atoms with Crippen LogP contribution in [0.3, 0.4) is 0 Å². The number of carbonyl (C=O) groups excluding carboxylic acids is 1. The second-order valence-electron chi connectivity index (χ2n) is 5.45. The van der Waals surface area contributed by atoms with Crippen molar-refractivity contribution in [1.82, 2.24) is 0 Å². The second-order valence-corrected chi connectivity index (χ2v) is 6.67. The summed E-state index contributed by atoms with van der Waals surface area (Å²) in [6.07, 6.45) is 0. The number of nitriles is 1. The fraction of sp³-hybridized carbons (Fsp3) is 0.333. The van der Waals surface area contributed by atoms with E-state index in [9.17, 15) is 10.1 Å². The lowest BCUT2D eigenvalue weighted by molar-refractivity contribution is -0.114. The fourth-order valence-corrected chi connectivity index (χ4v) is 3.50. The number of nitrogens with zero attached hydrogens (tertiary/aromatic N) is 2. The van der Waals surface area contributed by atoms with Gasteiger partial charge in [0.15, 0.2) is 0 Å². The van der Waals surface area contributed by atoms with E-state index in [-0.39, 0.29) is 12.5 Å². The molecule has 0 aliphatic heterocycles. The molecule has 0 fully saturated rings. The maximum atomic E-state index is 12.4. The molecule has 0 spiro atoms. The van der Waals surface area contributed by atoms with Gasteiger partial charge in [0.05, 0.1) is 12.1 Å². The zero-order chi connectivity index (χ0) is 17.0. The van der Waals surface area contributed by atoms with Crippen LogP contribution in [0.25, 0.3) is 0 Å². The molecule has 1 amide bonds. The Hall–Kier alpha value is -2.32. The fourth-order valence-electron chi connectivity index (χ4n) is 2.47. The molecule has 0 aliphatic carbocycles. The summed E-state index contributed by atoms with van der Waals surface area (Å²) in [7, 11) is 0. The van der Waals surface area contributed by atoms with Gasteiger partial charge in [-0.15, -0.1) is 11.3 Å². The lowest BCUT2D eigenvalue weighted by Gasteiger charge is -2.24. The molecule has 0 aliphatic rings. The molecule has 120 valence electrons. The number of anilines is 2. The third kappa shape index (κ3) is 3.72. The third-order valence-electron chi connectivity index (χ3n) is 3.92. The summed E-state index contributed by atoms with van der Waals surface area (Å²) >= 11 is 1.45. The van der Waals surface area contributed by atoms with Crippen molar-refractivity contribution in [2.75, 3.05) is 23.3 Å². The van der Waals surface area contributed by atoms with Crippen LogP contribution >= 0.6 is 11.3 Å². The number of likely N-dealkylation sites (N-methyl/N-ethyl adjacent to an activating group) is 1. The van der Waals surface area contributed by atoms with Gasteiger partial charge in [-0.25, -0.2) is 0 Å². The minimum absolute atomic E-state index is 0.104. The van der Waals surface area contributed by atoms with Gasteiger partial charge >= 0.3 is 0 Å². The number of aryl methyl sites for hydroxylation is 2. The number of amides is 1. The second kappa shape index (κ2) is 7.30. The summed E-state index contributed by atoms with van der Waals surface area (Å²) in [4.78, 5) is 15.5. The van der Waals surface area contributed by atoms with E-state index in [4.69, 9.17) is 0 Å². The van der Waals surface area contributed by atoms with E-state index < -0.39 is 0 Å². The number of hydrogen-bond acceptors (Lipinski definition) is 4. The van der Waals surface area contributed by atoms with E-state index in [2.05, 4.69) is 11.4 Å². The molecular formula is C18H21N3OS. The predicted molar refractivity (Wildman–Crippen MR) is 96.2 cm³/mol. The number of rotatable bonds is 5. The molecule has 0 bridgehead atoms. The number of para-hydroxylation sites is 1. The molecular weight excluding hydrogens is 306 g/mol. The molecule has 23 heavy (non-hydrogen) atoms. The highest BCUT2D eigenvalue weighted by Gasteiger charge is 2.17. The van der Waals surface area contributed by atoms with Gasteiger partial charge in [-0.1, -0.05) is 18.2 Å². The van der Waals surface area contributed by atoms with Crippen molar-refractivity contribution in [3.63, 3.8) is 0 Å². The monoisotopic (exact) mass is 327 g/mol. The van der Waals surface area contributed by atoms with Gasteiger partial charge in [-0.3, -0.25) is 4.79 Å². The molecule has 4 nitrogen and oxygen atoms in total. The average Bonchev–Trinajstić information content (AvgIpc) is 2.79. The normalized spacial score (nSPS) is 10.2. The van der Waals surface area contributed by atoms with Crippen molar-refractivity contribution in [2.45, 2.75) is 27.7 Å². The Bertz CT molecular complexity index is 758. The number of nitrogens with one attached hydrogen (secondary N) is 1. The van der Waals surface area contributed by atoms with E-state index in [0.29, 0.717) is 10.6 Å². The minimum atomic E-state index is -0.104. The third-order valence-corrected chi connectivity index (χ3v) is 5.05. The van der Waals surface area contributed by atoms with Crippen LogP contribution in [-0.4, -0.2) is 19.0 Å². The maximum Gasteiger partial charge on any atom is 0.244 e. The molecule has 2 rings (SSSR count). The lowest BCUT2D eigenvalue weighted by atomic mass is 10.1. The van der Waals surface area contributed by atoms with Crippen molar-refractivity contribution in [1.29, 1.82) is 5.26 Å². The van der Waals surface area contributed by atoms with Crippen molar-refractivity contribution in [2.24, 2.45) is 0 Å². The van der Waals surface area contributed by atoms with Crippen LogP contribution < -0.4 is 10.2 Å². The Balaban J connectivity index is 2.14. The quantitative estimate of drug-likeness (QED) is 0.902. The molecule has 1 heterocycles. The van der Waals surface area contributed by atoms with E-state index >= 15 is 0 Å². The highest BCUT2D eigenvalue weighted by molar-refractivity contribution is 7.16. The Morgan fingerprint density at radius 2 is 2.00 bits per heavy atom. The predicted octanol–water partition coefficient (Wildman–Crippen LogP) is 4.01. The molecule has 0 atom stereocenters. The number of carbonyl (C=O) groups is 1. The molecule has 1 N–H and O–H groups in total. The van der Waals surface area contributed by atoms with Crippen molar-refractivity contribution >= 4 is 27.9 Å².